The van der Waals surface area contributed by atoms with E-state index in [0.29, 0.717) is 32.2 Å². The SMILES string of the molecule is CCC[C@@H](NC(=O)OC(C)(C)C)C(=O)N1CCN([C@H](C)CCOc2ccc(C(=O)C3CC3)cc2)CC1. The van der Waals surface area contributed by atoms with Gasteiger partial charge in [-0.3, -0.25) is 14.5 Å². The first-order valence-electron chi connectivity index (χ1n) is 13.4. The molecule has 0 aromatic heterocycles. The fraction of sp³-hybridized carbons (Fsp3) is 0.679. The summed E-state index contributed by atoms with van der Waals surface area (Å²) < 4.78 is 11.3. The maximum atomic E-state index is 13.1. The van der Waals surface area contributed by atoms with Crippen LogP contribution in [-0.4, -0.2) is 78.1 Å². The molecule has 1 aliphatic heterocycles. The Kier molecular flexibility index (Phi) is 9.77. The van der Waals surface area contributed by atoms with E-state index in [1.807, 2.05) is 56.9 Å². The molecule has 36 heavy (non-hydrogen) atoms. The fourth-order valence-electron chi connectivity index (χ4n) is 4.43. The summed E-state index contributed by atoms with van der Waals surface area (Å²) in [7, 11) is 0. The molecule has 1 aliphatic carbocycles. The van der Waals surface area contributed by atoms with E-state index in [1.54, 1.807) is 0 Å². The highest BCUT2D eigenvalue weighted by Crippen LogP contribution is 2.32. The number of benzene rings is 1. The number of carbonyl (C=O) groups is 3. The van der Waals surface area contributed by atoms with Crippen molar-refractivity contribution in [1.29, 1.82) is 0 Å². The second-order valence-electron chi connectivity index (χ2n) is 11.0. The Morgan fingerprint density at radius 3 is 2.22 bits per heavy atom. The smallest absolute Gasteiger partial charge is 0.408 e. The van der Waals surface area contributed by atoms with E-state index in [9.17, 15) is 14.4 Å². The third-order valence-electron chi connectivity index (χ3n) is 6.71. The Hall–Kier alpha value is -2.61. The van der Waals surface area contributed by atoms with E-state index in [1.165, 1.54) is 0 Å². The number of nitrogens with one attached hydrogen (secondary N) is 1. The third-order valence-corrected chi connectivity index (χ3v) is 6.71. The van der Waals surface area contributed by atoms with Gasteiger partial charge in [0.05, 0.1) is 6.61 Å². The van der Waals surface area contributed by atoms with E-state index < -0.39 is 17.7 Å². The van der Waals surface area contributed by atoms with Crippen LogP contribution in [0.1, 0.15) is 77.1 Å². The molecule has 1 saturated heterocycles. The fourth-order valence-corrected chi connectivity index (χ4v) is 4.43. The molecule has 1 N–H and O–H groups in total. The van der Waals surface area contributed by atoms with Crippen molar-refractivity contribution in [2.45, 2.75) is 84.4 Å². The molecule has 2 atom stereocenters. The number of ketones is 1. The van der Waals surface area contributed by atoms with Crippen molar-refractivity contribution in [1.82, 2.24) is 15.1 Å². The van der Waals surface area contributed by atoms with Crippen molar-refractivity contribution in [2.75, 3.05) is 32.8 Å². The second kappa shape index (κ2) is 12.6. The van der Waals surface area contributed by atoms with Crippen molar-refractivity contribution in [3.8, 4) is 5.75 Å². The predicted molar refractivity (Wildman–Crippen MR) is 139 cm³/mol. The predicted octanol–water partition coefficient (Wildman–Crippen LogP) is 4.27. The standard InChI is InChI=1S/C28H43N3O5/c1-6-7-24(29-27(34)36-28(3,4)5)26(33)31-17-15-30(16-18-31)20(2)14-19-35-23-12-10-22(11-13-23)25(32)21-8-9-21/h10-13,20-21,24H,6-9,14-19H2,1-5H3,(H,29,34)/t20-,24-/m1/s1. The molecule has 0 bridgehead atoms. The number of alkyl carbamates (subject to hydrolysis) is 1. The number of ether oxygens (including phenoxy) is 2. The Morgan fingerprint density at radius 1 is 1.03 bits per heavy atom. The molecule has 2 amide bonds. The third kappa shape index (κ3) is 8.50. The minimum Gasteiger partial charge on any atom is -0.494 e. The molecule has 200 valence electrons. The number of hydrogen-bond acceptors (Lipinski definition) is 6. The number of nitrogens with zero attached hydrogens (tertiary/aromatic N) is 2. The van der Waals surface area contributed by atoms with Crippen LogP contribution in [0.2, 0.25) is 0 Å². The van der Waals surface area contributed by atoms with Gasteiger partial charge in [-0.1, -0.05) is 13.3 Å². The minimum atomic E-state index is -0.603. The van der Waals surface area contributed by atoms with E-state index in [-0.39, 0.29) is 17.6 Å². The molecule has 8 heteroatoms. The van der Waals surface area contributed by atoms with Crippen LogP contribution in [-0.2, 0) is 9.53 Å². The first-order valence-corrected chi connectivity index (χ1v) is 13.4. The van der Waals surface area contributed by atoms with Crippen LogP contribution in [0.25, 0.3) is 0 Å². The lowest BCUT2D eigenvalue weighted by Gasteiger charge is -2.39. The van der Waals surface area contributed by atoms with Gasteiger partial charge in [0.25, 0.3) is 0 Å². The Balaban J connectivity index is 1.39. The van der Waals surface area contributed by atoms with Crippen LogP contribution < -0.4 is 10.1 Å². The highest BCUT2D eigenvalue weighted by Gasteiger charge is 2.31. The molecule has 1 saturated carbocycles. The van der Waals surface area contributed by atoms with Gasteiger partial charge in [0.2, 0.25) is 5.91 Å². The summed E-state index contributed by atoms with van der Waals surface area (Å²) in [5.41, 5.74) is 0.168. The number of carbonyl (C=O) groups excluding carboxylic acids is 3. The number of piperazine rings is 1. The Bertz CT molecular complexity index is 883. The van der Waals surface area contributed by atoms with Gasteiger partial charge in [-0.2, -0.15) is 0 Å². The Labute approximate surface area is 215 Å². The number of hydrogen-bond donors (Lipinski definition) is 1. The summed E-state index contributed by atoms with van der Waals surface area (Å²) in [6.07, 6.45) is 3.73. The van der Waals surface area contributed by atoms with E-state index in [2.05, 4.69) is 17.1 Å². The van der Waals surface area contributed by atoms with E-state index >= 15 is 0 Å². The lowest BCUT2D eigenvalue weighted by molar-refractivity contribution is -0.135. The largest absolute Gasteiger partial charge is 0.494 e. The van der Waals surface area contributed by atoms with Crippen LogP contribution in [0.5, 0.6) is 5.75 Å². The van der Waals surface area contributed by atoms with Gasteiger partial charge in [-0.05, 0) is 77.6 Å². The number of rotatable bonds is 11. The van der Waals surface area contributed by atoms with Gasteiger partial charge in [0.1, 0.15) is 17.4 Å². The highest BCUT2D eigenvalue weighted by atomic mass is 16.6. The summed E-state index contributed by atoms with van der Waals surface area (Å²) in [4.78, 5) is 41.7. The van der Waals surface area contributed by atoms with E-state index in [4.69, 9.17) is 9.47 Å². The normalized spacial score (nSPS) is 18.3. The van der Waals surface area contributed by atoms with Gasteiger partial charge >= 0.3 is 6.09 Å². The quantitative estimate of drug-likeness (QED) is 0.456. The molecule has 1 aromatic rings. The van der Waals surface area contributed by atoms with Crippen molar-refractivity contribution in [3.05, 3.63) is 29.8 Å². The summed E-state index contributed by atoms with van der Waals surface area (Å²) in [6.45, 7) is 13.0. The molecule has 0 unspecified atom stereocenters. The average molecular weight is 502 g/mol. The topological polar surface area (TPSA) is 88.2 Å². The van der Waals surface area contributed by atoms with Crippen LogP contribution in [0.15, 0.2) is 24.3 Å². The van der Waals surface area contributed by atoms with Crippen LogP contribution in [0.4, 0.5) is 4.79 Å². The van der Waals surface area contributed by atoms with Gasteiger partial charge in [0.15, 0.2) is 5.78 Å². The zero-order valence-corrected chi connectivity index (χ0v) is 22.5. The second-order valence-corrected chi connectivity index (χ2v) is 11.0. The van der Waals surface area contributed by atoms with Gasteiger partial charge in [0, 0.05) is 43.7 Å². The summed E-state index contributed by atoms with van der Waals surface area (Å²) in [6, 6.07) is 7.24. The molecule has 0 spiro atoms. The molecule has 0 radical (unpaired) electrons. The molecule has 2 aliphatic rings. The first-order chi connectivity index (χ1) is 17.1. The van der Waals surface area contributed by atoms with Crippen LogP contribution >= 0.6 is 0 Å². The maximum absolute atomic E-state index is 13.1. The lowest BCUT2D eigenvalue weighted by atomic mass is 10.1. The summed E-state index contributed by atoms with van der Waals surface area (Å²) >= 11 is 0. The summed E-state index contributed by atoms with van der Waals surface area (Å²) in [5, 5.41) is 2.77. The molecular formula is C28H43N3O5. The Morgan fingerprint density at radius 2 is 1.67 bits per heavy atom. The van der Waals surface area contributed by atoms with Crippen LogP contribution in [0.3, 0.4) is 0 Å². The summed E-state index contributed by atoms with van der Waals surface area (Å²) in [5.74, 6) is 1.22. The highest BCUT2D eigenvalue weighted by molar-refractivity contribution is 5.99. The lowest BCUT2D eigenvalue weighted by Crippen LogP contribution is -2.56. The van der Waals surface area contributed by atoms with E-state index in [0.717, 1.165) is 50.1 Å². The van der Waals surface area contributed by atoms with Crippen molar-refractivity contribution in [3.63, 3.8) is 0 Å². The number of Topliss-reactive ketones (excluding diaryl/α,β-unsaturated/α-hetero) is 1. The minimum absolute atomic E-state index is 0.0399. The van der Waals surface area contributed by atoms with Crippen molar-refractivity contribution in [2.24, 2.45) is 5.92 Å². The number of amides is 2. The monoisotopic (exact) mass is 501 g/mol. The van der Waals surface area contributed by atoms with Crippen LogP contribution in [0, 0.1) is 5.92 Å². The molecule has 2 fully saturated rings. The van der Waals surface area contributed by atoms with Gasteiger partial charge in [-0.15, -0.1) is 0 Å². The average Bonchev–Trinajstić information content (AvgIpc) is 3.68. The zero-order valence-electron chi connectivity index (χ0n) is 22.5. The van der Waals surface area contributed by atoms with Gasteiger partial charge in [-0.25, -0.2) is 4.79 Å². The molecule has 1 aromatic carbocycles. The zero-order chi connectivity index (χ0) is 26.3. The van der Waals surface area contributed by atoms with Crippen molar-refractivity contribution < 1.29 is 23.9 Å². The molecule has 8 nitrogen and oxygen atoms in total. The maximum Gasteiger partial charge on any atom is 0.408 e. The molecular weight excluding hydrogens is 458 g/mol. The van der Waals surface area contributed by atoms with Gasteiger partial charge < -0.3 is 19.7 Å². The molecule has 1 heterocycles. The molecule has 3 rings (SSSR count). The van der Waals surface area contributed by atoms with Crippen molar-refractivity contribution >= 4 is 17.8 Å². The first kappa shape index (κ1) is 28.0.